The van der Waals surface area contributed by atoms with Crippen LogP contribution in [0.4, 0.5) is 0 Å². The monoisotopic (exact) mass is 249 g/mol. The molecule has 1 N–H and O–H groups in total. The van der Waals surface area contributed by atoms with Crippen molar-refractivity contribution in [2.45, 2.75) is 78.7 Å². The third-order valence-corrected chi connectivity index (χ3v) is 6.27. The molecule has 0 heterocycles. The second-order valence-electron chi connectivity index (χ2n) is 8.51. The fraction of sp³-hybridized carbons (Fsp3) is 1.00. The van der Waals surface area contributed by atoms with Crippen molar-refractivity contribution in [2.75, 3.05) is 6.54 Å². The van der Waals surface area contributed by atoms with Crippen LogP contribution in [0, 0.1) is 22.2 Å². The molecule has 4 aliphatic carbocycles. The van der Waals surface area contributed by atoms with Crippen molar-refractivity contribution in [2.24, 2.45) is 22.2 Å². The standard InChI is InChI=1S/C17H31N/c1-5-14(18-6-2)17-9-13-7-15(3,11-17)10-16(4,8-13)12-17/h13-14,18H,5-12H2,1-4H3. The lowest BCUT2D eigenvalue weighted by Crippen LogP contribution is -2.61. The fourth-order valence-electron chi connectivity index (χ4n) is 6.96. The highest BCUT2D eigenvalue weighted by Crippen LogP contribution is 2.70. The summed E-state index contributed by atoms with van der Waals surface area (Å²) in [5.74, 6) is 1.03. The van der Waals surface area contributed by atoms with E-state index in [0.29, 0.717) is 16.2 Å². The smallest absolute Gasteiger partial charge is 0.0121 e. The zero-order chi connectivity index (χ0) is 13.0. The molecule has 4 rings (SSSR count). The number of nitrogens with one attached hydrogen (secondary N) is 1. The Kier molecular flexibility index (Phi) is 2.86. The van der Waals surface area contributed by atoms with E-state index in [1.165, 1.54) is 44.9 Å². The molecule has 0 aliphatic heterocycles. The predicted molar refractivity (Wildman–Crippen MR) is 77.6 cm³/mol. The molecule has 0 saturated heterocycles. The molecule has 18 heavy (non-hydrogen) atoms. The zero-order valence-corrected chi connectivity index (χ0v) is 12.8. The van der Waals surface area contributed by atoms with Crippen LogP contribution in [0.5, 0.6) is 0 Å². The molecule has 3 atom stereocenters. The van der Waals surface area contributed by atoms with Crippen LogP contribution in [0.25, 0.3) is 0 Å². The average molecular weight is 249 g/mol. The predicted octanol–water partition coefficient (Wildman–Crippen LogP) is 4.37. The van der Waals surface area contributed by atoms with Gasteiger partial charge in [0.2, 0.25) is 0 Å². The second-order valence-corrected chi connectivity index (χ2v) is 8.51. The molecule has 1 nitrogen and oxygen atoms in total. The van der Waals surface area contributed by atoms with Crippen molar-refractivity contribution in [3.05, 3.63) is 0 Å². The normalized spacial score (nSPS) is 51.7. The van der Waals surface area contributed by atoms with Gasteiger partial charge in [-0.25, -0.2) is 0 Å². The third-order valence-electron chi connectivity index (χ3n) is 6.27. The first kappa shape index (κ1) is 13.0. The second kappa shape index (κ2) is 3.98. The Morgan fingerprint density at radius 2 is 1.61 bits per heavy atom. The molecule has 4 fully saturated rings. The lowest BCUT2D eigenvalue weighted by atomic mass is 9.39. The third kappa shape index (κ3) is 1.85. The fourth-order valence-corrected chi connectivity index (χ4v) is 6.96. The summed E-state index contributed by atoms with van der Waals surface area (Å²) in [6.07, 6.45) is 10.4. The summed E-state index contributed by atoms with van der Waals surface area (Å²) >= 11 is 0. The van der Waals surface area contributed by atoms with Gasteiger partial charge in [-0.15, -0.1) is 0 Å². The topological polar surface area (TPSA) is 12.0 Å². The Labute approximate surface area is 113 Å². The van der Waals surface area contributed by atoms with Gasteiger partial charge in [-0.2, -0.15) is 0 Å². The molecular weight excluding hydrogens is 218 g/mol. The van der Waals surface area contributed by atoms with Gasteiger partial charge in [0.1, 0.15) is 0 Å². The van der Waals surface area contributed by atoms with Gasteiger partial charge in [-0.05, 0) is 73.7 Å². The lowest BCUT2D eigenvalue weighted by Gasteiger charge is -2.67. The summed E-state index contributed by atoms with van der Waals surface area (Å²) in [6, 6.07) is 0.768. The van der Waals surface area contributed by atoms with Gasteiger partial charge < -0.3 is 5.32 Å². The summed E-state index contributed by atoms with van der Waals surface area (Å²) in [6.45, 7) is 11.0. The average Bonchev–Trinajstić information content (AvgIpc) is 2.20. The Hall–Kier alpha value is -0.0400. The van der Waals surface area contributed by atoms with Crippen LogP contribution in [0.1, 0.15) is 72.6 Å². The summed E-state index contributed by atoms with van der Waals surface area (Å²) in [4.78, 5) is 0. The lowest BCUT2D eigenvalue weighted by molar-refractivity contribution is -0.158. The van der Waals surface area contributed by atoms with Crippen LogP contribution in [0.15, 0.2) is 0 Å². The van der Waals surface area contributed by atoms with E-state index in [9.17, 15) is 0 Å². The highest BCUT2D eigenvalue weighted by atomic mass is 14.9. The van der Waals surface area contributed by atoms with Crippen molar-refractivity contribution >= 4 is 0 Å². The number of rotatable bonds is 4. The first-order chi connectivity index (χ1) is 8.43. The van der Waals surface area contributed by atoms with Crippen LogP contribution in [0.3, 0.4) is 0 Å². The minimum atomic E-state index is 0.633. The van der Waals surface area contributed by atoms with Crippen LogP contribution in [0.2, 0.25) is 0 Å². The van der Waals surface area contributed by atoms with Gasteiger partial charge in [0.25, 0.3) is 0 Å². The molecule has 0 aromatic rings. The maximum absolute atomic E-state index is 3.82. The van der Waals surface area contributed by atoms with Crippen molar-refractivity contribution in [3.63, 3.8) is 0 Å². The largest absolute Gasteiger partial charge is 0.314 e. The van der Waals surface area contributed by atoms with Crippen molar-refractivity contribution in [3.8, 4) is 0 Å². The Bertz CT molecular complexity index is 317. The summed E-state index contributed by atoms with van der Waals surface area (Å²) < 4.78 is 0. The molecule has 0 amide bonds. The first-order valence-electron chi connectivity index (χ1n) is 8.16. The van der Waals surface area contributed by atoms with E-state index in [2.05, 4.69) is 33.0 Å². The zero-order valence-electron chi connectivity index (χ0n) is 12.8. The molecule has 4 bridgehead atoms. The van der Waals surface area contributed by atoms with E-state index in [1.54, 1.807) is 0 Å². The Morgan fingerprint density at radius 3 is 2.06 bits per heavy atom. The molecule has 0 radical (unpaired) electrons. The highest BCUT2D eigenvalue weighted by molar-refractivity contribution is 5.13. The Balaban J connectivity index is 1.92. The molecule has 1 heteroatoms. The van der Waals surface area contributed by atoms with Crippen LogP contribution in [-0.2, 0) is 0 Å². The van der Waals surface area contributed by atoms with Crippen molar-refractivity contribution < 1.29 is 0 Å². The minimum Gasteiger partial charge on any atom is -0.314 e. The van der Waals surface area contributed by atoms with E-state index in [4.69, 9.17) is 0 Å². The molecule has 3 unspecified atom stereocenters. The van der Waals surface area contributed by atoms with Gasteiger partial charge >= 0.3 is 0 Å². The molecule has 4 aliphatic rings. The maximum atomic E-state index is 3.82. The van der Waals surface area contributed by atoms with E-state index in [0.717, 1.165) is 18.5 Å². The minimum absolute atomic E-state index is 0.633. The summed E-state index contributed by atoms with van der Waals surface area (Å²) in [5, 5.41) is 3.82. The molecule has 0 aromatic carbocycles. The van der Waals surface area contributed by atoms with Gasteiger partial charge in [0.05, 0.1) is 0 Å². The molecular formula is C17H31N. The van der Waals surface area contributed by atoms with E-state index < -0.39 is 0 Å². The van der Waals surface area contributed by atoms with E-state index >= 15 is 0 Å². The van der Waals surface area contributed by atoms with Crippen LogP contribution >= 0.6 is 0 Å². The first-order valence-corrected chi connectivity index (χ1v) is 8.16. The Morgan fingerprint density at radius 1 is 1.00 bits per heavy atom. The summed E-state index contributed by atoms with van der Waals surface area (Å²) in [7, 11) is 0. The van der Waals surface area contributed by atoms with E-state index in [-0.39, 0.29) is 0 Å². The highest BCUT2D eigenvalue weighted by Gasteiger charge is 2.61. The van der Waals surface area contributed by atoms with Gasteiger partial charge in [-0.1, -0.05) is 27.7 Å². The number of hydrogen-bond acceptors (Lipinski definition) is 1. The molecule has 0 aromatic heterocycles. The molecule has 4 saturated carbocycles. The van der Waals surface area contributed by atoms with Crippen molar-refractivity contribution in [1.29, 1.82) is 0 Å². The van der Waals surface area contributed by atoms with Gasteiger partial charge in [-0.3, -0.25) is 0 Å². The van der Waals surface area contributed by atoms with Crippen LogP contribution in [-0.4, -0.2) is 12.6 Å². The van der Waals surface area contributed by atoms with Gasteiger partial charge in [0.15, 0.2) is 0 Å². The molecule has 0 spiro atoms. The number of hydrogen-bond donors (Lipinski definition) is 1. The van der Waals surface area contributed by atoms with Gasteiger partial charge in [0, 0.05) is 6.04 Å². The molecule has 104 valence electrons. The SMILES string of the molecule is CCNC(CC)C12CC3CC(C)(CC(C)(C3)C1)C2. The quantitative estimate of drug-likeness (QED) is 0.780. The summed E-state index contributed by atoms with van der Waals surface area (Å²) in [5.41, 5.74) is 1.96. The van der Waals surface area contributed by atoms with E-state index in [1.807, 2.05) is 0 Å². The van der Waals surface area contributed by atoms with Crippen LogP contribution < -0.4 is 5.32 Å². The maximum Gasteiger partial charge on any atom is 0.0121 e. The van der Waals surface area contributed by atoms with Crippen molar-refractivity contribution in [1.82, 2.24) is 5.32 Å².